The molecule has 0 N–H and O–H groups in total. The van der Waals surface area contributed by atoms with E-state index in [-0.39, 0.29) is 0 Å². The summed E-state index contributed by atoms with van der Waals surface area (Å²) in [5.41, 5.74) is 37.2. The van der Waals surface area contributed by atoms with Crippen molar-refractivity contribution in [3.63, 3.8) is 0 Å². The Morgan fingerprint density at radius 2 is 0.460 bits per heavy atom. The van der Waals surface area contributed by atoms with Gasteiger partial charge in [-0.3, -0.25) is 0 Å². The van der Waals surface area contributed by atoms with E-state index >= 15 is 0 Å². The summed E-state index contributed by atoms with van der Waals surface area (Å²) in [4.78, 5) is 4.67. The van der Waals surface area contributed by atoms with Gasteiger partial charge in [-0.1, -0.05) is 364 Å². The molecule has 0 spiro atoms. The third kappa shape index (κ3) is 13.0. The van der Waals surface area contributed by atoms with Crippen LogP contribution in [0.3, 0.4) is 0 Å². The first-order valence-electron chi connectivity index (χ1n) is 43.3. The Morgan fingerprint density at radius 1 is 0.167 bits per heavy atom. The van der Waals surface area contributed by atoms with Crippen LogP contribution in [-0.2, 0) is 10.8 Å². The fraction of sp³-hybridized carbons (Fsp3) is 0.0164. The fourth-order valence-electron chi connectivity index (χ4n) is 20.1. The first kappa shape index (κ1) is 75.0. The molecule has 0 unspecified atom stereocenters. The molecule has 0 saturated heterocycles. The van der Waals surface area contributed by atoms with Crippen molar-refractivity contribution in [3.05, 3.63) is 542 Å². The summed E-state index contributed by atoms with van der Waals surface area (Å²) in [6, 6.07) is 181. The van der Waals surface area contributed by atoms with Crippen molar-refractivity contribution in [1.82, 2.24) is 0 Å². The maximum atomic E-state index is 6.68. The Hall–Kier alpha value is -16.0. The van der Waals surface area contributed by atoms with E-state index in [1.807, 2.05) is 11.3 Å². The molecule has 0 radical (unpaired) electrons. The third-order valence-corrected chi connectivity index (χ3v) is 27.0. The van der Waals surface area contributed by atoms with Crippen molar-refractivity contribution >= 4 is 87.6 Å². The number of anilines is 6. The zero-order valence-corrected chi connectivity index (χ0v) is 69.9. The van der Waals surface area contributed by atoms with Crippen LogP contribution in [0.4, 0.5) is 34.1 Å². The maximum Gasteiger partial charge on any atom is 0.136 e. The van der Waals surface area contributed by atoms with Gasteiger partial charge in [-0.05, 0) is 267 Å². The quantitative estimate of drug-likeness (QED) is 0.0961. The summed E-state index contributed by atoms with van der Waals surface area (Å²) in [5, 5.41) is 4.82. The lowest BCUT2D eigenvalue weighted by molar-refractivity contribution is 0.668. The lowest BCUT2D eigenvalue weighted by atomic mass is 9.67. The Bertz CT molecular complexity index is 7720. The molecule has 3 nitrogen and oxygen atoms in total. The molecule has 24 rings (SSSR count). The lowest BCUT2D eigenvalue weighted by Crippen LogP contribution is -2.28. The number of rotatable bonds is 16. The summed E-state index contributed by atoms with van der Waals surface area (Å²) < 4.78 is 9.28. The smallest absolute Gasteiger partial charge is 0.136 e. The SMILES string of the molecule is c1ccc(-c2ccc(N(c3ccccc3)c3cccc(-c4cccc(-c5ccc6c(c5)oc5ccc(C7(c8ccccc8)c8ccccc8-c8ccccc87)cc56)c4)c3)cc2)cc1.c1ccc(-c2ccc(N(c3ccccc3)c3cccc(-c4cccc(-c5ccc6sc7ccc(C8(c9ccccc9)c9ccccc9-c9ccccc98)cc7c6c5)c4)c3)cc2)cc1. The largest absolute Gasteiger partial charge is 0.456 e. The van der Waals surface area contributed by atoms with Crippen molar-refractivity contribution in [2.75, 3.05) is 9.80 Å². The minimum atomic E-state index is -0.463. The average Bonchev–Trinajstić information content (AvgIpc) is 1.54. The van der Waals surface area contributed by atoms with E-state index in [0.29, 0.717) is 0 Å². The molecule has 0 bridgehead atoms. The Balaban J connectivity index is 0.000000145. The Labute approximate surface area is 738 Å². The van der Waals surface area contributed by atoms with E-state index < -0.39 is 10.8 Å². The molecule has 126 heavy (non-hydrogen) atoms. The normalized spacial score (nSPS) is 12.6. The summed E-state index contributed by atoms with van der Waals surface area (Å²) in [7, 11) is 0. The average molecular weight is 1620 g/mol. The van der Waals surface area contributed by atoms with E-state index in [9.17, 15) is 0 Å². The fourth-order valence-corrected chi connectivity index (χ4v) is 21.2. The first-order chi connectivity index (χ1) is 62.4. The van der Waals surface area contributed by atoms with Crippen molar-refractivity contribution in [2.24, 2.45) is 0 Å². The van der Waals surface area contributed by atoms with Crippen LogP contribution in [0.5, 0.6) is 0 Å². The molecule has 2 aliphatic rings. The maximum absolute atomic E-state index is 6.68. The molecular formula is C122H82N2OS. The number of thiophene rings is 1. The highest BCUT2D eigenvalue weighted by Gasteiger charge is 2.48. The molecule has 592 valence electrons. The molecule has 0 amide bonds. The predicted molar refractivity (Wildman–Crippen MR) is 530 cm³/mol. The van der Waals surface area contributed by atoms with Gasteiger partial charge < -0.3 is 14.2 Å². The molecule has 0 saturated carbocycles. The van der Waals surface area contributed by atoms with Crippen LogP contribution < -0.4 is 9.80 Å². The van der Waals surface area contributed by atoms with Crippen LogP contribution in [0.2, 0.25) is 0 Å². The second-order valence-electron chi connectivity index (χ2n) is 32.9. The van der Waals surface area contributed by atoms with Crippen LogP contribution >= 0.6 is 11.3 Å². The van der Waals surface area contributed by atoms with Gasteiger partial charge in [-0.15, -0.1) is 11.3 Å². The van der Waals surface area contributed by atoms with Crippen molar-refractivity contribution in [1.29, 1.82) is 0 Å². The second-order valence-corrected chi connectivity index (χ2v) is 34.0. The predicted octanol–water partition coefficient (Wildman–Crippen LogP) is 33.3. The van der Waals surface area contributed by atoms with E-state index in [1.54, 1.807) is 0 Å². The number of hydrogen-bond acceptors (Lipinski definition) is 4. The van der Waals surface area contributed by atoms with Gasteiger partial charge in [0.2, 0.25) is 0 Å². The first-order valence-corrected chi connectivity index (χ1v) is 44.1. The third-order valence-electron chi connectivity index (χ3n) is 25.9. The van der Waals surface area contributed by atoms with Gasteiger partial charge in [0.25, 0.3) is 0 Å². The highest BCUT2D eigenvalue weighted by atomic mass is 32.1. The number of para-hydroxylation sites is 2. The minimum Gasteiger partial charge on any atom is -0.456 e. The van der Waals surface area contributed by atoms with Crippen LogP contribution in [0.1, 0.15) is 44.5 Å². The molecule has 4 heteroatoms. The van der Waals surface area contributed by atoms with Gasteiger partial charge >= 0.3 is 0 Å². The Kier molecular flexibility index (Phi) is 18.9. The van der Waals surface area contributed by atoms with Gasteiger partial charge in [0, 0.05) is 65.1 Å². The van der Waals surface area contributed by atoms with Crippen LogP contribution in [-0.4, -0.2) is 0 Å². The molecule has 2 aliphatic carbocycles. The monoisotopic (exact) mass is 1620 g/mol. The van der Waals surface area contributed by atoms with Crippen molar-refractivity contribution in [3.8, 4) is 89.0 Å². The van der Waals surface area contributed by atoms with E-state index in [0.717, 1.165) is 78.3 Å². The van der Waals surface area contributed by atoms with Crippen molar-refractivity contribution < 1.29 is 4.42 Å². The molecule has 22 aromatic rings. The van der Waals surface area contributed by atoms with Crippen LogP contribution in [0, 0.1) is 0 Å². The highest BCUT2D eigenvalue weighted by molar-refractivity contribution is 7.25. The standard InChI is InChI=1S/C61H41NO.C61H41NS/c1-4-16-42(17-5-1)43-30-34-51(35-31-43)62(50-23-8-3-9-24-50)52-25-15-20-46(39-52)44-18-14-19-45(38-44)47-32-36-55-56-41-49(33-37-59(56)63-60(55)40-47)61(48-21-6-2-7-22-48)57-28-12-10-26-53(57)54-27-11-13-29-58(54)61;1-4-16-42(17-5-1)43-30-34-51(35-31-43)62(50-23-8-3-9-24-50)52-25-15-20-46(39-52)44-18-14-19-45(38-44)47-32-36-59-55(40-47)56-41-49(33-37-60(56)63-59)61(48-21-6-2-7-22-48)57-28-12-10-26-53(57)54-27-11-13-29-58(54)61/h2*1-41H. The van der Waals surface area contributed by atoms with E-state index in [1.165, 1.54) is 131 Å². The van der Waals surface area contributed by atoms with Gasteiger partial charge in [0.15, 0.2) is 0 Å². The number of benzene rings is 20. The summed E-state index contributed by atoms with van der Waals surface area (Å²) in [6.07, 6.45) is 0. The number of hydrogen-bond donors (Lipinski definition) is 0. The minimum absolute atomic E-state index is 0.431. The van der Waals surface area contributed by atoms with Crippen molar-refractivity contribution in [2.45, 2.75) is 10.8 Å². The molecule has 2 heterocycles. The highest BCUT2D eigenvalue weighted by Crippen LogP contribution is 2.59. The molecule has 0 aliphatic heterocycles. The zero-order chi connectivity index (χ0) is 83.5. The zero-order valence-electron chi connectivity index (χ0n) is 69.1. The van der Waals surface area contributed by atoms with Gasteiger partial charge in [0.05, 0.1) is 10.8 Å². The summed E-state index contributed by atoms with van der Waals surface area (Å²) in [5.74, 6) is 0. The molecule has 0 fully saturated rings. The van der Waals surface area contributed by atoms with Crippen LogP contribution in [0.15, 0.2) is 502 Å². The summed E-state index contributed by atoms with van der Waals surface area (Å²) in [6.45, 7) is 0. The van der Waals surface area contributed by atoms with E-state index in [4.69, 9.17) is 4.42 Å². The van der Waals surface area contributed by atoms with E-state index in [2.05, 4.69) is 507 Å². The number of furan rings is 1. The van der Waals surface area contributed by atoms with Gasteiger partial charge in [-0.2, -0.15) is 0 Å². The number of fused-ring (bicyclic) bond motifs is 12. The molecule has 20 aromatic carbocycles. The topological polar surface area (TPSA) is 19.6 Å². The molecule has 2 aromatic heterocycles. The summed E-state index contributed by atoms with van der Waals surface area (Å²) >= 11 is 1.88. The molecule has 0 atom stereocenters. The van der Waals surface area contributed by atoms with Crippen LogP contribution in [0.25, 0.3) is 131 Å². The second kappa shape index (κ2) is 31.8. The number of nitrogens with zero attached hydrogens (tertiary/aromatic N) is 2. The van der Waals surface area contributed by atoms with Gasteiger partial charge in [0.1, 0.15) is 11.2 Å². The molecular weight excluding hydrogens is 1540 g/mol. The Morgan fingerprint density at radius 3 is 0.897 bits per heavy atom. The van der Waals surface area contributed by atoms with Gasteiger partial charge in [-0.25, -0.2) is 0 Å². The lowest BCUT2D eigenvalue weighted by Gasteiger charge is -2.34.